The predicted octanol–water partition coefficient (Wildman–Crippen LogP) is 2.56. The van der Waals surface area contributed by atoms with Crippen LogP contribution in [-0.4, -0.2) is 43.0 Å². The van der Waals surface area contributed by atoms with Gasteiger partial charge in [-0.3, -0.25) is 9.59 Å². The van der Waals surface area contributed by atoms with E-state index in [0.717, 1.165) is 5.56 Å². The van der Waals surface area contributed by atoms with Crippen molar-refractivity contribution in [2.75, 3.05) is 24.8 Å². The number of hydrogen-bond donors (Lipinski definition) is 2. The number of thioether (sulfide) groups is 1. The zero-order chi connectivity index (χ0) is 19.4. The number of benzene rings is 1. The van der Waals surface area contributed by atoms with Gasteiger partial charge in [0.15, 0.2) is 0 Å². The van der Waals surface area contributed by atoms with Gasteiger partial charge in [-0.2, -0.15) is 0 Å². The average molecular weight is 381 g/mol. The fourth-order valence-corrected chi connectivity index (χ4v) is 3.92. The molecule has 0 spiro atoms. The van der Waals surface area contributed by atoms with Gasteiger partial charge in [0.2, 0.25) is 5.91 Å². The number of anilines is 1. The Morgan fingerprint density at radius 2 is 2.12 bits per heavy atom. The maximum Gasteiger partial charge on any atom is 0.315 e. The molecule has 1 aliphatic carbocycles. The molecule has 1 amide bonds. The number of esters is 1. The molecule has 0 bridgehead atoms. The lowest BCUT2D eigenvalue weighted by molar-refractivity contribution is -0.166. The second kappa shape index (κ2) is 8.41. The van der Waals surface area contributed by atoms with Gasteiger partial charge in [0, 0.05) is 29.9 Å². The molecule has 6 nitrogen and oxygen atoms in total. The smallest absolute Gasteiger partial charge is 0.315 e. The van der Waals surface area contributed by atoms with Crippen molar-refractivity contribution in [2.45, 2.75) is 44.6 Å². The first-order valence-electron chi connectivity index (χ1n) is 8.70. The molecular weight excluding hydrogens is 352 g/mol. The van der Waals surface area contributed by atoms with E-state index in [2.05, 4.69) is 10.1 Å². The SMILES string of the molecule is CCOC1CC(N)(C(=O)Nc2cccc(CSCC(=O)OC)c2)C1(C)C. The molecule has 1 saturated carbocycles. The Hall–Kier alpha value is -1.57. The van der Waals surface area contributed by atoms with Gasteiger partial charge in [-0.25, -0.2) is 0 Å². The number of nitrogens with one attached hydrogen (secondary N) is 1. The molecule has 2 atom stereocenters. The van der Waals surface area contributed by atoms with Crippen LogP contribution >= 0.6 is 11.8 Å². The van der Waals surface area contributed by atoms with E-state index in [9.17, 15) is 9.59 Å². The van der Waals surface area contributed by atoms with Gasteiger partial charge in [0.1, 0.15) is 5.54 Å². The quantitative estimate of drug-likeness (QED) is 0.674. The molecule has 1 fully saturated rings. The van der Waals surface area contributed by atoms with E-state index in [1.54, 1.807) is 0 Å². The Kier molecular flexibility index (Phi) is 6.71. The molecule has 0 aliphatic heterocycles. The van der Waals surface area contributed by atoms with Crippen LogP contribution in [0.15, 0.2) is 24.3 Å². The van der Waals surface area contributed by atoms with Crippen molar-refractivity contribution in [3.8, 4) is 0 Å². The largest absolute Gasteiger partial charge is 0.468 e. The average Bonchev–Trinajstić information content (AvgIpc) is 2.61. The number of amides is 1. The number of hydrogen-bond acceptors (Lipinski definition) is 6. The normalized spacial score (nSPS) is 23.8. The number of nitrogens with two attached hydrogens (primary N) is 1. The fraction of sp³-hybridized carbons (Fsp3) is 0.579. The summed E-state index contributed by atoms with van der Waals surface area (Å²) in [4.78, 5) is 24.0. The highest BCUT2D eigenvalue weighted by molar-refractivity contribution is 7.99. The molecule has 144 valence electrons. The van der Waals surface area contributed by atoms with Crippen molar-refractivity contribution in [2.24, 2.45) is 11.1 Å². The predicted molar refractivity (Wildman–Crippen MR) is 104 cm³/mol. The standard InChI is InChI=1S/C19H28N2O4S/c1-5-25-15-10-19(20,18(15,2)3)17(23)21-14-8-6-7-13(9-14)11-26-12-16(22)24-4/h6-9,15H,5,10-12,20H2,1-4H3,(H,21,23). The summed E-state index contributed by atoms with van der Waals surface area (Å²) in [6, 6.07) is 7.57. The lowest BCUT2D eigenvalue weighted by Gasteiger charge is -2.57. The van der Waals surface area contributed by atoms with Crippen LogP contribution in [0.5, 0.6) is 0 Å². The topological polar surface area (TPSA) is 90.6 Å². The van der Waals surface area contributed by atoms with E-state index in [0.29, 0.717) is 30.2 Å². The second-order valence-corrected chi connectivity index (χ2v) is 8.05. The fourth-order valence-electron chi connectivity index (χ4n) is 3.11. The summed E-state index contributed by atoms with van der Waals surface area (Å²) in [5, 5.41) is 2.93. The third kappa shape index (κ3) is 4.22. The van der Waals surface area contributed by atoms with Crippen LogP contribution in [0.2, 0.25) is 0 Å². The van der Waals surface area contributed by atoms with Crippen molar-refractivity contribution in [1.29, 1.82) is 0 Å². The summed E-state index contributed by atoms with van der Waals surface area (Å²) in [5.41, 5.74) is 6.74. The minimum absolute atomic E-state index is 0.00990. The zero-order valence-corrected chi connectivity index (χ0v) is 16.7. The maximum atomic E-state index is 12.8. The molecule has 1 aliphatic rings. The minimum atomic E-state index is -0.956. The highest BCUT2D eigenvalue weighted by atomic mass is 32.2. The van der Waals surface area contributed by atoms with E-state index in [1.807, 2.05) is 45.0 Å². The summed E-state index contributed by atoms with van der Waals surface area (Å²) < 4.78 is 10.3. The highest BCUT2D eigenvalue weighted by Gasteiger charge is 2.62. The summed E-state index contributed by atoms with van der Waals surface area (Å²) in [5.74, 6) is 0.509. The van der Waals surface area contributed by atoms with Crippen LogP contribution in [-0.2, 0) is 24.8 Å². The van der Waals surface area contributed by atoms with Crippen LogP contribution in [0.4, 0.5) is 5.69 Å². The molecule has 2 rings (SSSR count). The van der Waals surface area contributed by atoms with Crippen LogP contribution in [0.25, 0.3) is 0 Å². The molecule has 0 radical (unpaired) electrons. The van der Waals surface area contributed by atoms with Crippen molar-refractivity contribution in [3.05, 3.63) is 29.8 Å². The van der Waals surface area contributed by atoms with Gasteiger partial charge in [0.05, 0.1) is 19.0 Å². The van der Waals surface area contributed by atoms with E-state index >= 15 is 0 Å². The molecule has 0 aromatic heterocycles. The molecule has 1 aromatic rings. The van der Waals surface area contributed by atoms with Crippen molar-refractivity contribution < 1.29 is 19.1 Å². The highest BCUT2D eigenvalue weighted by Crippen LogP contribution is 2.50. The van der Waals surface area contributed by atoms with Gasteiger partial charge in [-0.15, -0.1) is 11.8 Å². The van der Waals surface area contributed by atoms with E-state index in [1.165, 1.54) is 18.9 Å². The summed E-state index contributed by atoms with van der Waals surface area (Å²) >= 11 is 1.46. The first-order chi connectivity index (χ1) is 12.2. The number of ether oxygens (including phenoxy) is 2. The lowest BCUT2D eigenvalue weighted by atomic mass is 9.54. The summed E-state index contributed by atoms with van der Waals surface area (Å²) in [6.07, 6.45) is 0.498. The van der Waals surface area contributed by atoms with E-state index in [-0.39, 0.29) is 18.0 Å². The maximum absolute atomic E-state index is 12.8. The second-order valence-electron chi connectivity index (χ2n) is 7.06. The number of rotatable bonds is 8. The Morgan fingerprint density at radius 1 is 1.38 bits per heavy atom. The number of methoxy groups -OCH3 is 1. The minimum Gasteiger partial charge on any atom is -0.468 e. The Balaban J connectivity index is 1.97. The van der Waals surface area contributed by atoms with Crippen molar-refractivity contribution in [3.63, 3.8) is 0 Å². The molecular formula is C19H28N2O4S. The summed E-state index contributed by atoms with van der Waals surface area (Å²) in [7, 11) is 1.37. The van der Waals surface area contributed by atoms with Gasteiger partial charge >= 0.3 is 5.97 Å². The lowest BCUT2D eigenvalue weighted by Crippen LogP contribution is -2.74. The van der Waals surface area contributed by atoms with Gasteiger partial charge < -0.3 is 20.5 Å². The Labute approximate surface area is 159 Å². The molecule has 0 heterocycles. The molecule has 1 aromatic carbocycles. The Bertz CT molecular complexity index is 665. The van der Waals surface area contributed by atoms with Crippen molar-refractivity contribution in [1.82, 2.24) is 0 Å². The first-order valence-corrected chi connectivity index (χ1v) is 9.85. The van der Waals surface area contributed by atoms with Crippen LogP contribution < -0.4 is 11.1 Å². The van der Waals surface area contributed by atoms with Crippen molar-refractivity contribution >= 4 is 29.3 Å². The molecule has 7 heteroatoms. The van der Waals surface area contributed by atoms with E-state index in [4.69, 9.17) is 10.5 Å². The monoisotopic (exact) mass is 380 g/mol. The van der Waals surface area contributed by atoms with Gasteiger partial charge in [-0.1, -0.05) is 26.0 Å². The molecule has 0 saturated heterocycles. The zero-order valence-electron chi connectivity index (χ0n) is 15.8. The third-order valence-electron chi connectivity index (χ3n) is 5.14. The molecule has 3 N–H and O–H groups in total. The molecule has 26 heavy (non-hydrogen) atoms. The molecule has 2 unspecified atom stereocenters. The van der Waals surface area contributed by atoms with Gasteiger partial charge in [-0.05, 0) is 24.6 Å². The Morgan fingerprint density at radius 3 is 2.73 bits per heavy atom. The van der Waals surface area contributed by atoms with Crippen LogP contribution in [0, 0.1) is 5.41 Å². The third-order valence-corrected chi connectivity index (χ3v) is 6.11. The van der Waals surface area contributed by atoms with Crippen LogP contribution in [0.3, 0.4) is 0 Å². The summed E-state index contributed by atoms with van der Waals surface area (Å²) in [6.45, 7) is 6.49. The van der Waals surface area contributed by atoms with Gasteiger partial charge in [0.25, 0.3) is 0 Å². The number of carbonyl (C=O) groups excluding carboxylic acids is 2. The number of carbonyl (C=O) groups is 2. The first kappa shape index (κ1) is 20.7. The van der Waals surface area contributed by atoms with E-state index < -0.39 is 11.0 Å². The van der Waals surface area contributed by atoms with Crippen LogP contribution in [0.1, 0.15) is 32.8 Å².